The number of hydrogen-bond acceptors (Lipinski definition) is 4. The first-order chi connectivity index (χ1) is 10.3. The molecule has 0 aliphatic rings. The molecular formula is C17H33NO5. The summed E-state index contributed by atoms with van der Waals surface area (Å²) in [7, 11) is 0. The van der Waals surface area contributed by atoms with E-state index in [2.05, 4.69) is 5.32 Å². The summed E-state index contributed by atoms with van der Waals surface area (Å²) in [5.74, 6) is -1.44. The van der Waals surface area contributed by atoms with Gasteiger partial charge in [0.25, 0.3) is 0 Å². The zero-order valence-electron chi connectivity index (χ0n) is 15.4. The van der Waals surface area contributed by atoms with Crippen molar-refractivity contribution in [3.8, 4) is 0 Å². The molecule has 0 heterocycles. The van der Waals surface area contributed by atoms with Crippen LogP contribution in [0.15, 0.2) is 0 Å². The van der Waals surface area contributed by atoms with Gasteiger partial charge in [-0.25, -0.2) is 4.79 Å². The molecule has 0 spiro atoms. The molecule has 23 heavy (non-hydrogen) atoms. The van der Waals surface area contributed by atoms with E-state index >= 15 is 0 Å². The summed E-state index contributed by atoms with van der Waals surface area (Å²) in [5.41, 5.74) is -0.626. The number of carboxylic acid groups (broad SMARTS) is 1. The van der Waals surface area contributed by atoms with Gasteiger partial charge in [0.2, 0.25) is 0 Å². The van der Waals surface area contributed by atoms with E-state index in [-0.39, 0.29) is 18.3 Å². The number of ether oxygens (including phenoxy) is 1. The van der Waals surface area contributed by atoms with Crippen molar-refractivity contribution in [3.63, 3.8) is 0 Å². The van der Waals surface area contributed by atoms with E-state index in [1.165, 1.54) is 0 Å². The SMILES string of the molecule is CC(C)CC(NC(=O)OC(C)(C)C)C(O)CC(C(=O)O)C(C)C. The fourth-order valence-corrected chi connectivity index (χ4v) is 2.36. The number of nitrogens with one attached hydrogen (secondary N) is 1. The first-order valence-corrected chi connectivity index (χ1v) is 8.23. The number of carbonyl (C=O) groups excluding carboxylic acids is 1. The Balaban J connectivity index is 4.94. The van der Waals surface area contributed by atoms with Gasteiger partial charge in [-0.05, 0) is 45.4 Å². The fraction of sp³-hybridized carbons (Fsp3) is 0.882. The molecule has 1 amide bonds. The van der Waals surface area contributed by atoms with Crippen molar-refractivity contribution in [2.75, 3.05) is 0 Å². The number of amides is 1. The third kappa shape index (κ3) is 9.43. The summed E-state index contributed by atoms with van der Waals surface area (Å²) in [6.45, 7) is 12.9. The Hall–Kier alpha value is -1.30. The highest BCUT2D eigenvalue weighted by Crippen LogP contribution is 2.21. The topological polar surface area (TPSA) is 95.9 Å². The Kier molecular flexibility index (Phi) is 8.59. The minimum absolute atomic E-state index is 0.0941. The normalized spacial score (nSPS) is 16.1. The zero-order chi connectivity index (χ0) is 18.4. The maximum Gasteiger partial charge on any atom is 0.407 e. The molecule has 0 bridgehead atoms. The van der Waals surface area contributed by atoms with Crippen molar-refractivity contribution >= 4 is 12.1 Å². The van der Waals surface area contributed by atoms with Crippen molar-refractivity contribution in [1.82, 2.24) is 5.32 Å². The molecule has 0 aliphatic carbocycles. The van der Waals surface area contributed by atoms with Crippen LogP contribution in [0.25, 0.3) is 0 Å². The van der Waals surface area contributed by atoms with Crippen LogP contribution < -0.4 is 5.32 Å². The molecule has 0 aromatic heterocycles. The second kappa shape index (κ2) is 9.11. The predicted octanol–water partition coefficient (Wildman–Crippen LogP) is 3.03. The van der Waals surface area contributed by atoms with E-state index in [1.54, 1.807) is 20.8 Å². The molecule has 0 aromatic carbocycles. The van der Waals surface area contributed by atoms with Crippen LogP contribution in [0.4, 0.5) is 4.79 Å². The lowest BCUT2D eigenvalue weighted by atomic mass is 9.86. The fourth-order valence-electron chi connectivity index (χ4n) is 2.36. The molecule has 3 N–H and O–H groups in total. The lowest BCUT2D eigenvalue weighted by Crippen LogP contribution is -2.47. The minimum Gasteiger partial charge on any atom is -0.481 e. The summed E-state index contributed by atoms with van der Waals surface area (Å²) in [6.07, 6.45) is -0.891. The summed E-state index contributed by atoms with van der Waals surface area (Å²) in [4.78, 5) is 23.3. The average Bonchev–Trinajstić information content (AvgIpc) is 2.30. The van der Waals surface area contributed by atoms with Gasteiger partial charge in [-0.1, -0.05) is 27.7 Å². The molecule has 0 saturated carbocycles. The molecule has 0 aromatic rings. The van der Waals surface area contributed by atoms with Gasteiger partial charge in [0.05, 0.1) is 18.1 Å². The number of rotatable bonds is 8. The van der Waals surface area contributed by atoms with Crippen LogP contribution in [0.3, 0.4) is 0 Å². The highest BCUT2D eigenvalue weighted by atomic mass is 16.6. The van der Waals surface area contributed by atoms with Crippen molar-refractivity contribution in [2.24, 2.45) is 17.8 Å². The maximum absolute atomic E-state index is 11.9. The molecule has 6 heteroatoms. The summed E-state index contributed by atoms with van der Waals surface area (Å²) < 4.78 is 5.22. The number of hydrogen-bond donors (Lipinski definition) is 3. The van der Waals surface area contributed by atoms with Crippen LogP contribution in [0.2, 0.25) is 0 Å². The quantitative estimate of drug-likeness (QED) is 0.635. The average molecular weight is 331 g/mol. The molecule has 0 aliphatic heterocycles. The lowest BCUT2D eigenvalue weighted by Gasteiger charge is -2.29. The van der Waals surface area contributed by atoms with Gasteiger partial charge < -0.3 is 20.3 Å². The Morgan fingerprint density at radius 1 is 1.09 bits per heavy atom. The number of carbonyl (C=O) groups is 2. The lowest BCUT2D eigenvalue weighted by molar-refractivity contribution is -0.144. The first kappa shape index (κ1) is 21.7. The molecule has 6 nitrogen and oxygen atoms in total. The van der Waals surface area contributed by atoms with Crippen LogP contribution in [0.1, 0.15) is 61.3 Å². The van der Waals surface area contributed by atoms with Crippen molar-refractivity contribution < 1.29 is 24.5 Å². The van der Waals surface area contributed by atoms with E-state index in [0.29, 0.717) is 6.42 Å². The molecule has 0 fully saturated rings. The number of alkyl carbamates (subject to hydrolysis) is 1. The standard InChI is InChI=1S/C17H33NO5/c1-10(2)8-13(18-16(22)23-17(5,6)7)14(19)9-12(11(3)4)15(20)21/h10-14,19H,8-9H2,1-7H3,(H,18,22)(H,20,21). The van der Waals surface area contributed by atoms with Crippen LogP contribution >= 0.6 is 0 Å². The van der Waals surface area contributed by atoms with E-state index in [4.69, 9.17) is 4.74 Å². The van der Waals surface area contributed by atoms with Gasteiger partial charge in [-0.3, -0.25) is 4.79 Å². The largest absolute Gasteiger partial charge is 0.481 e. The van der Waals surface area contributed by atoms with Gasteiger partial charge >= 0.3 is 12.1 Å². The Labute approximate surface area is 139 Å². The summed E-state index contributed by atoms with van der Waals surface area (Å²) in [6, 6.07) is -0.537. The number of aliphatic carboxylic acids is 1. The third-order valence-corrected chi connectivity index (χ3v) is 3.51. The molecule has 3 unspecified atom stereocenters. The van der Waals surface area contributed by atoms with Gasteiger partial charge in [0, 0.05) is 0 Å². The number of aliphatic hydroxyl groups excluding tert-OH is 1. The van der Waals surface area contributed by atoms with Crippen molar-refractivity contribution in [3.05, 3.63) is 0 Å². The van der Waals surface area contributed by atoms with Crippen LogP contribution in [-0.2, 0) is 9.53 Å². The van der Waals surface area contributed by atoms with Crippen LogP contribution in [0.5, 0.6) is 0 Å². The highest BCUT2D eigenvalue weighted by Gasteiger charge is 2.31. The first-order valence-electron chi connectivity index (χ1n) is 8.23. The zero-order valence-corrected chi connectivity index (χ0v) is 15.4. The summed E-state index contributed by atoms with van der Waals surface area (Å²) in [5, 5.41) is 22.4. The molecule has 0 radical (unpaired) electrons. The van der Waals surface area contributed by atoms with Crippen molar-refractivity contribution in [1.29, 1.82) is 0 Å². The maximum atomic E-state index is 11.9. The van der Waals surface area contributed by atoms with Crippen molar-refractivity contribution in [2.45, 2.75) is 79.1 Å². The van der Waals surface area contributed by atoms with E-state index in [1.807, 2.05) is 27.7 Å². The van der Waals surface area contributed by atoms with E-state index in [0.717, 1.165) is 0 Å². The van der Waals surface area contributed by atoms with E-state index in [9.17, 15) is 19.8 Å². The molecule has 0 rings (SSSR count). The third-order valence-electron chi connectivity index (χ3n) is 3.51. The number of carboxylic acids is 1. The minimum atomic E-state index is -0.937. The summed E-state index contributed by atoms with van der Waals surface area (Å²) >= 11 is 0. The van der Waals surface area contributed by atoms with Crippen LogP contribution in [0, 0.1) is 17.8 Å². The Morgan fingerprint density at radius 3 is 1.96 bits per heavy atom. The molecule has 3 atom stereocenters. The van der Waals surface area contributed by atoms with Gasteiger partial charge in [0.15, 0.2) is 0 Å². The highest BCUT2D eigenvalue weighted by molar-refractivity contribution is 5.70. The second-order valence-electron chi connectivity index (χ2n) is 7.87. The van der Waals surface area contributed by atoms with Gasteiger partial charge in [0.1, 0.15) is 5.60 Å². The molecular weight excluding hydrogens is 298 g/mol. The van der Waals surface area contributed by atoms with Crippen LogP contribution in [-0.4, -0.2) is 40.0 Å². The Bertz CT molecular complexity index is 387. The smallest absolute Gasteiger partial charge is 0.407 e. The predicted molar refractivity (Wildman–Crippen MR) is 89.2 cm³/mol. The van der Waals surface area contributed by atoms with E-state index < -0.39 is 35.7 Å². The van der Waals surface area contributed by atoms with Gasteiger partial charge in [-0.2, -0.15) is 0 Å². The molecule has 0 saturated heterocycles. The van der Waals surface area contributed by atoms with Gasteiger partial charge in [-0.15, -0.1) is 0 Å². The Morgan fingerprint density at radius 2 is 1.61 bits per heavy atom. The monoisotopic (exact) mass is 331 g/mol. The molecule has 136 valence electrons. The number of aliphatic hydroxyl groups is 1. The second-order valence-corrected chi connectivity index (χ2v) is 7.87.